The summed E-state index contributed by atoms with van der Waals surface area (Å²) in [7, 11) is 1.68. The molecule has 0 aromatic heterocycles. The van der Waals surface area contributed by atoms with Gasteiger partial charge < -0.3 is 14.8 Å². The van der Waals surface area contributed by atoms with Crippen LogP contribution in [0.2, 0.25) is 0 Å². The fourth-order valence-electron chi connectivity index (χ4n) is 1.95. The summed E-state index contributed by atoms with van der Waals surface area (Å²) in [5, 5.41) is 3.42. The highest BCUT2D eigenvalue weighted by Gasteiger charge is 1.97. The molecule has 0 aliphatic rings. The third-order valence-corrected chi connectivity index (χ3v) is 3.11. The van der Waals surface area contributed by atoms with Crippen molar-refractivity contribution in [2.45, 2.75) is 13.1 Å². The van der Waals surface area contributed by atoms with E-state index in [1.54, 1.807) is 13.2 Å². The summed E-state index contributed by atoms with van der Waals surface area (Å²) < 4.78 is 10.6. The van der Waals surface area contributed by atoms with Crippen LogP contribution in [0.1, 0.15) is 11.1 Å². The lowest BCUT2D eigenvalue weighted by Crippen LogP contribution is -2.12. The summed E-state index contributed by atoms with van der Waals surface area (Å²) in [5.74, 6) is 1.75. The Morgan fingerprint density at radius 3 is 1.86 bits per heavy atom. The van der Waals surface area contributed by atoms with E-state index in [4.69, 9.17) is 9.47 Å². The third kappa shape index (κ3) is 5.80. The minimum Gasteiger partial charge on any atom is -0.497 e. The summed E-state index contributed by atoms with van der Waals surface area (Å²) >= 11 is 0. The van der Waals surface area contributed by atoms with Crippen molar-refractivity contribution in [3.05, 3.63) is 72.3 Å². The van der Waals surface area contributed by atoms with E-state index >= 15 is 0 Å². The van der Waals surface area contributed by atoms with Gasteiger partial charge in [0.1, 0.15) is 18.1 Å². The van der Waals surface area contributed by atoms with Crippen LogP contribution in [0.4, 0.5) is 0 Å². The average molecular weight is 320 g/mol. The highest BCUT2D eigenvalue weighted by Crippen LogP contribution is 2.13. The SMILES string of the molecule is C=CCOc1ccc(CNCc2ccc(OC)cc2)cc1.Cl. The second kappa shape index (κ2) is 9.87. The third-order valence-electron chi connectivity index (χ3n) is 3.11. The molecule has 3 nitrogen and oxygen atoms in total. The highest BCUT2D eigenvalue weighted by molar-refractivity contribution is 5.85. The molecule has 118 valence electrons. The first kappa shape index (κ1) is 18.1. The van der Waals surface area contributed by atoms with E-state index in [1.807, 2.05) is 24.3 Å². The molecule has 22 heavy (non-hydrogen) atoms. The number of ether oxygens (including phenoxy) is 2. The van der Waals surface area contributed by atoms with Crippen molar-refractivity contribution in [2.24, 2.45) is 0 Å². The molecule has 0 bridgehead atoms. The maximum absolute atomic E-state index is 5.46. The van der Waals surface area contributed by atoms with Crippen LogP contribution in [0.3, 0.4) is 0 Å². The minimum atomic E-state index is 0. The van der Waals surface area contributed by atoms with Gasteiger partial charge in [0.25, 0.3) is 0 Å². The van der Waals surface area contributed by atoms with Gasteiger partial charge in [0.05, 0.1) is 7.11 Å². The molecule has 0 saturated heterocycles. The molecule has 0 atom stereocenters. The van der Waals surface area contributed by atoms with Crippen LogP contribution in [0, 0.1) is 0 Å². The topological polar surface area (TPSA) is 30.5 Å². The Morgan fingerprint density at radius 2 is 1.41 bits per heavy atom. The zero-order valence-electron chi connectivity index (χ0n) is 12.7. The van der Waals surface area contributed by atoms with Crippen molar-refractivity contribution in [3.63, 3.8) is 0 Å². The van der Waals surface area contributed by atoms with E-state index in [0.717, 1.165) is 24.6 Å². The van der Waals surface area contributed by atoms with Gasteiger partial charge in [0.2, 0.25) is 0 Å². The van der Waals surface area contributed by atoms with E-state index in [1.165, 1.54) is 11.1 Å². The number of rotatable bonds is 8. The lowest BCUT2D eigenvalue weighted by atomic mass is 10.2. The number of nitrogens with one attached hydrogen (secondary N) is 1. The summed E-state index contributed by atoms with van der Waals surface area (Å²) in [4.78, 5) is 0. The van der Waals surface area contributed by atoms with Gasteiger partial charge in [-0.25, -0.2) is 0 Å². The smallest absolute Gasteiger partial charge is 0.119 e. The second-order valence-electron chi connectivity index (χ2n) is 4.70. The lowest BCUT2D eigenvalue weighted by molar-refractivity contribution is 0.363. The van der Waals surface area contributed by atoms with E-state index in [0.29, 0.717) is 6.61 Å². The highest BCUT2D eigenvalue weighted by atomic mass is 35.5. The zero-order valence-corrected chi connectivity index (χ0v) is 13.6. The Morgan fingerprint density at radius 1 is 0.909 bits per heavy atom. The number of methoxy groups -OCH3 is 1. The maximum atomic E-state index is 5.46. The van der Waals surface area contributed by atoms with Crippen molar-refractivity contribution in [1.29, 1.82) is 0 Å². The van der Waals surface area contributed by atoms with E-state index in [-0.39, 0.29) is 12.4 Å². The van der Waals surface area contributed by atoms with Gasteiger partial charge in [-0.1, -0.05) is 36.9 Å². The average Bonchev–Trinajstić information content (AvgIpc) is 2.55. The molecule has 0 saturated carbocycles. The van der Waals surface area contributed by atoms with Crippen molar-refractivity contribution in [3.8, 4) is 11.5 Å². The molecule has 0 heterocycles. The monoisotopic (exact) mass is 319 g/mol. The molecule has 0 unspecified atom stereocenters. The van der Waals surface area contributed by atoms with Gasteiger partial charge >= 0.3 is 0 Å². The molecular formula is C18H22ClNO2. The van der Waals surface area contributed by atoms with E-state index in [2.05, 4.69) is 36.2 Å². The first-order chi connectivity index (χ1) is 10.3. The van der Waals surface area contributed by atoms with Gasteiger partial charge in [-0.05, 0) is 35.4 Å². The van der Waals surface area contributed by atoms with Crippen molar-refractivity contribution in [2.75, 3.05) is 13.7 Å². The van der Waals surface area contributed by atoms with Crippen molar-refractivity contribution in [1.82, 2.24) is 5.32 Å². The van der Waals surface area contributed by atoms with Crippen LogP contribution >= 0.6 is 12.4 Å². The molecule has 0 aliphatic heterocycles. The fraction of sp³-hybridized carbons (Fsp3) is 0.222. The molecule has 0 aliphatic carbocycles. The second-order valence-corrected chi connectivity index (χ2v) is 4.70. The Kier molecular flexibility index (Phi) is 8.11. The van der Waals surface area contributed by atoms with Crippen molar-refractivity contribution < 1.29 is 9.47 Å². The Hall–Kier alpha value is -1.97. The van der Waals surface area contributed by atoms with Gasteiger partial charge in [-0.15, -0.1) is 12.4 Å². The molecule has 0 fully saturated rings. The normalized spacial score (nSPS) is 9.68. The van der Waals surface area contributed by atoms with Gasteiger partial charge in [0.15, 0.2) is 0 Å². The largest absolute Gasteiger partial charge is 0.497 e. The van der Waals surface area contributed by atoms with Crippen LogP contribution < -0.4 is 14.8 Å². The standard InChI is InChI=1S/C18H21NO2.ClH/c1-3-12-21-18-10-6-16(7-11-18)14-19-13-15-4-8-17(20-2)9-5-15;/h3-11,19H,1,12-14H2,2H3;1H. The van der Waals surface area contributed by atoms with Crippen LogP contribution in [-0.4, -0.2) is 13.7 Å². The Balaban J connectivity index is 0.00000242. The van der Waals surface area contributed by atoms with E-state index in [9.17, 15) is 0 Å². The van der Waals surface area contributed by atoms with Gasteiger partial charge in [0, 0.05) is 13.1 Å². The Bertz CT molecular complexity index is 552. The summed E-state index contributed by atoms with van der Waals surface area (Å²) in [6, 6.07) is 16.2. The number of hydrogen-bond donors (Lipinski definition) is 1. The Labute approximate surface area is 138 Å². The quantitative estimate of drug-likeness (QED) is 0.747. The molecule has 2 aromatic rings. The summed E-state index contributed by atoms with van der Waals surface area (Å²) in [6.45, 7) is 5.83. The first-order valence-electron chi connectivity index (χ1n) is 6.98. The molecule has 0 spiro atoms. The molecule has 1 N–H and O–H groups in total. The molecular weight excluding hydrogens is 298 g/mol. The summed E-state index contributed by atoms with van der Waals surface area (Å²) in [6.07, 6.45) is 1.74. The first-order valence-corrected chi connectivity index (χ1v) is 6.98. The van der Waals surface area contributed by atoms with Crippen LogP contribution in [-0.2, 0) is 13.1 Å². The molecule has 0 radical (unpaired) electrons. The maximum Gasteiger partial charge on any atom is 0.119 e. The molecule has 2 rings (SSSR count). The van der Waals surface area contributed by atoms with Gasteiger partial charge in [-0.2, -0.15) is 0 Å². The fourth-order valence-corrected chi connectivity index (χ4v) is 1.95. The molecule has 2 aromatic carbocycles. The predicted octanol–water partition coefficient (Wildman–Crippen LogP) is 3.97. The number of hydrogen-bond acceptors (Lipinski definition) is 3. The lowest BCUT2D eigenvalue weighted by Gasteiger charge is -2.07. The molecule has 0 amide bonds. The van der Waals surface area contributed by atoms with Crippen molar-refractivity contribution >= 4 is 12.4 Å². The van der Waals surface area contributed by atoms with Gasteiger partial charge in [-0.3, -0.25) is 0 Å². The predicted molar refractivity (Wildman–Crippen MR) is 92.9 cm³/mol. The van der Waals surface area contributed by atoms with E-state index < -0.39 is 0 Å². The minimum absolute atomic E-state index is 0. The number of halogens is 1. The van der Waals surface area contributed by atoms with Crippen LogP contribution in [0.25, 0.3) is 0 Å². The zero-order chi connectivity index (χ0) is 14.9. The number of benzene rings is 2. The van der Waals surface area contributed by atoms with Crippen LogP contribution in [0.5, 0.6) is 11.5 Å². The molecule has 4 heteroatoms. The van der Waals surface area contributed by atoms with Crippen LogP contribution in [0.15, 0.2) is 61.2 Å². The summed E-state index contributed by atoms with van der Waals surface area (Å²) in [5.41, 5.74) is 2.47.